The Morgan fingerprint density at radius 1 is 1.24 bits per heavy atom. The number of hydrogen-bond acceptors (Lipinski definition) is 3. The molecule has 4 nitrogen and oxygen atoms in total. The molecule has 114 valence electrons. The monoisotopic (exact) mass is 289 g/mol. The molecule has 0 saturated carbocycles. The maximum Gasteiger partial charge on any atom is 0.339 e. The first-order valence-electron chi connectivity index (χ1n) is 7.80. The molecule has 21 heavy (non-hydrogen) atoms. The zero-order valence-corrected chi connectivity index (χ0v) is 12.8. The van der Waals surface area contributed by atoms with Crippen LogP contribution in [-0.4, -0.2) is 11.9 Å². The summed E-state index contributed by atoms with van der Waals surface area (Å²) in [6.45, 7) is 4.17. The van der Waals surface area contributed by atoms with E-state index in [0.717, 1.165) is 37.7 Å². The minimum Gasteiger partial charge on any atom is -0.454 e. The summed E-state index contributed by atoms with van der Waals surface area (Å²) in [6, 6.07) is 5.48. The molecule has 1 aromatic carbocycles. The number of cyclic esters (lactones) is 1. The van der Waals surface area contributed by atoms with Crippen molar-refractivity contribution in [2.45, 2.75) is 58.5 Å². The van der Waals surface area contributed by atoms with Crippen molar-refractivity contribution >= 4 is 17.6 Å². The van der Waals surface area contributed by atoms with Gasteiger partial charge < -0.3 is 10.1 Å². The fourth-order valence-electron chi connectivity index (χ4n) is 2.51. The van der Waals surface area contributed by atoms with Crippen molar-refractivity contribution in [3.63, 3.8) is 0 Å². The minimum absolute atomic E-state index is 0.00861. The summed E-state index contributed by atoms with van der Waals surface area (Å²) in [5.41, 5.74) is 2.20. The predicted molar refractivity (Wildman–Crippen MR) is 82.3 cm³/mol. The van der Waals surface area contributed by atoms with E-state index in [0.29, 0.717) is 17.7 Å². The molecule has 0 radical (unpaired) electrons. The van der Waals surface area contributed by atoms with Gasteiger partial charge in [0.05, 0.1) is 5.56 Å². The summed E-state index contributed by atoms with van der Waals surface area (Å²) < 4.78 is 5.41. The van der Waals surface area contributed by atoms with Gasteiger partial charge in [-0.15, -0.1) is 0 Å². The largest absolute Gasteiger partial charge is 0.454 e. The first kappa shape index (κ1) is 15.5. The van der Waals surface area contributed by atoms with Crippen LogP contribution in [-0.2, 0) is 9.53 Å². The molecule has 1 aromatic rings. The highest BCUT2D eigenvalue weighted by Gasteiger charge is 2.30. The molecule has 1 heterocycles. The van der Waals surface area contributed by atoms with Gasteiger partial charge in [0.2, 0.25) is 5.91 Å². The summed E-state index contributed by atoms with van der Waals surface area (Å²) in [5.74, 6) is -0.290. The predicted octanol–water partition coefficient (Wildman–Crippen LogP) is 4.22. The SMILES string of the molecule is CCCCC(=O)Nc1ccc2c(c1)C(=O)OC2CCCC. The second-order valence-corrected chi connectivity index (χ2v) is 5.49. The lowest BCUT2D eigenvalue weighted by molar-refractivity contribution is -0.116. The third-order valence-corrected chi connectivity index (χ3v) is 3.73. The molecule has 2 rings (SSSR count). The number of anilines is 1. The lowest BCUT2D eigenvalue weighted by Gasteiger charge is -2.10. The van der Waals surface area contributed by atoms with E-state index >= 15 is 0 Å². The van der Waals surface area contributed by atoms with Gasteiger partial charge in [-0.05, 0) is 31.4 Å². The normalized spacial score (nSPS) is 16.5. The number of carbonyl (C=O) groups excluding carboxylic acids is 2. The number of unbranched alkanes of at least 4 members (excludes halogenated alkanes) is 2. The van der Waals surface area contributed by atoms with E-state index in [2.05, 4.69) is 19.2 Å². The van der Waals surface area contributed by atoms with Gasteiger partial charge >= 0.3 is 5.97 Å². The Hall–Kier alpha value is -1.84. The van der Waals surface area contributed by atoms with Crippen LogP contribution in [0.2, 0.25) is 0 Å². The van der Waals surface area contributed by atoms with Crippen molar-refractivity contribution in [2.75, 3.05) is 5.32 Å². The molecule has 1 atom stereocenters. The van der Waals surface area contributed by atoms with E-state index in [-0.39, 0.29) is 18.0 Å². The van der Waals surface area contributed by atoms with E-state index in [1.165, 1.54) is 0 Å². The number of fused-ring (bicyclic) bond motifs is 1. The Bertz CT molecular complexity index is 525. The van der Waals surface area contributed by atoms with Gasteiger partial charge in [-0.3, -0.25) is 4.79 Å². The Labute approximate surface area is 125 Å². The third kappa shape index (κ3) is 3.84. The number of carbonyl (C=O) groups is 2. The highest BCUT2D eigenvalue weighted by atomic mass is 16.5. The van der Waals surface area contributed by atoms with Crippen LogP contribution in [0.25, 0.3) is 0 Å². The van der Waals surface area contributed by atoms with Crippen LogP contribution >= 0.6 is 0 Å². The molecule has 0 bridgehead atoms. The highest BCUT2D eigenvalue weighted by molar-refractivity contribution is 5.97. The van der Waals surface area contributed by atoms with Crippen LogP contribution in [0.15, 0.2) is 18.2 Å². The van der Waals surface area contributed by atoms with Gasteiger partial charge in [0.1, 0.15) is 6.10 Å². The van der Waals surface area contributed by atoms with Crippen molar-refractivity contribution in [1.29, 1.82) is 0 Å². The first-order valence-corrected chi connectivity index (χ1v) is 7.80. The lowest BCUT2D eigenvalue weighted by atomic mass is 10.0. The molecule has 0 aromatic heterocycles. The standard InChI is InChI=1S/C17H23NO3/c1-3-5-7-15-13-10-9-12(11-14(13)17(20)21-15)18-16(19)8-6-4-2/h9-11,15H,3-8H2,1-2H3,(H,18,19). The zero-order valence-electron chi connectivity index (χ0n) is 12.8. The van der Waals surface area contributed by atoms with E-state index in [4.69, 9.17) is 4.74 Å². The summed E-state index contributed by atoms with van der Waals surface area (Å²) >= 11 is 0. The van der Waals surface area contributed by atoms with E-state index < -0.39 is 0 Å². The van der Waals surface area contributed by atoms with Gasteiger partial charge in [-0.1, -0.05) is 32.8 Å². The van der Waals surface area contributed by atoms with E-state index in [1.807, 2.05) is 12.1 Å². The fourth-order valence-corrected chi connectivity index (χ4v) is 2.51. The third-order valence-electron chi connectivity index (χ3n) is 3.73. The number of hydrogen-bond donors (Lipinski definition) is 1. The molecule has 0 spiro atoms. The average molecular weight is 289 g/mol. The Morgan fingerprint density at radius 2 is 2.00 bits per heavy atom. The number of ether oxygens (including phenoxy) is 1. The second-order valence-electron chi connectivity index (χ2n) is 5.49. The number of rotatable bonds is 7. The summed E-state index contributed by atoms with van der Waals surface area (Å²) in [4.78, 5) is 23.6. The number of amides is 1. The van der Waals surface area contributed by atoms with Crippen LogP contribution in [0.3, 0.4) is 0 Å². The molecular formula is C17H23NO3. The van der Waals surface area contributed by atoms with E-state index in [1.54, 1.807) is 6.07 Å². The van der Waals surface area contributed by atoms with Crippen LogP contribution < -0.4 is 5.32 Å². The lowest BCUT2D eigenvalue weighted by Crippen LogP contribution is -2.11. The Morgan fingerprint density at radius 3 is 2.71 bits per heavy atom. The van der Waals surface area contributed by atoms with Gasteiger partial charge in [-0.25, -0.2) is 4.79 Å². The van der Waals surface area contributed by atoms with Crippen LogP contribution in [0, 0.1) is 0 Å². The Balaban J connectivity index is 2.07. The summed E-state index contributed by atoms with van der Waals surface area (Å²) in [5, 5.41) is 2.84. The quantitative estimate of drug-likeness (QED) is 0.765. The van der Waals surface area contributed by atoms with Crippen molar-refractivity contribution < 1.29 is 14.3 Å². The molecule has 0 fully saturated rings. The number of esters is 1. The minimum atomic E-state index is -0.282. The summed E-state index contributed by atoms with van der Waals surface area (Å²) in [6.07, 6.45) is 5.22. The molecule has 1 aliphatic rings. The maximum atomic E-state index is 11.9. The van der Waals surface area contributed by atoms with Crippen LogP contribution in [0.4, 0.5) is 5.69 Å². The molecule has 0 aliphatic carbocycles. The molecule has 1 unspecified atom stereocenters. The zero-order chi connectivity index (χ0) is 15.2. The maximum absolute atomic E-state index is 11.9. The smallest absolute Gasteiger partial charge is 0.339 e. The summed E-state index contributed by atoms with van der Waals surface area (Å²) in [7, 11) is 0. The molecular weight excluding hydrogens is 266 g/mol. The topological polar surface area (TPSA) is 55.4 Å². The number of benzene rings is 1. The highest BCUT2D eigenvalue weighted by Crippen LogP contribution is 2.35. The molecule has 1 amide bonds. The van der Waals surface area contributed by atoms with Gasteiger partial charge in [0.15, 0.2) is 0 Å². The van der Waals surface area contributed by atoms with Crippen molar-refractivity contribution in [3.05, 3.63) is 29.3 Å². The fraction of sp³-hybridized carbons (Fsp3) is 0.529. The Kier molecular flexibility index (Phi) is 5.37. The van der Waals surface area contributed by atoms with Crippen molar-refractivity contribution in [1.82, 2.24) is 0 Å². The second kappa shape index (κ2) is 7.25. The molecule has 1 aliphatic heterocycles. The number of nitrogens with one attached hydrogen (secondary N) is 1. The van der Waals surface area contributed by atoms with Crippen LogP contribution in [0.1, 0.15) is 74.4 Å². The first-order chi connectivity index (χ1) is 10.2. The van der Waals surface area contributed by atoms with Crippen LogP contribution in [0.5, 0.6) is 0 Å². The average Bonchev–Trinajstić information content (AvgIpc) is 2.79. The van der Waals surface area contributed by atoms with Gasteiger partial charge in [0.25, 0.3) is 0 Å². The van der Waals surface area contributed by atoms with Gasteiger partial charge in [0, 0.05) is 17.7 Å². The molecule has 1 N–H and O–H groups in total. The van der Waals surface area contributed by atoms with Crippen molar-refractivity contribution in [2.24, 2.45) is 0 Å². The van der Waals surface area contributed by atoms with E-state index in [9.17, 15) is 9.59 Å². The molecule has 4 heteroatoms. The molecule has 0 saturated heterocycles. The van der Waals surface area contributed by atoms with Crippen molar-refractivity contribution in [3.8, 4) is 0 Å². The van der Waals surface area contributed by atoms with Gasteiger partial charge in [-0.2, -0.15) is 0 Å².